The quantitative estimate of drug-likeness (QED) is 0.788. The maximum absolute atomic E-state index is 13.4. The molecule has 4 nitrogen and oxygen atoms in total. The van der Waals surface area contributed by atoms with E-state index in [1.807, 2.05) is 14.0 Å². The summed E-state index contributed by atoms with van der Waals surface area (Å²) in [5, 5.41) is 5.86. The number of hydrogen-bond donors (Lipinski definition) is 2. The van der Waals surface area contributed by atoms with Crippen LogP contribution in [0, 0.1) is 5.82 Å². The van der Waals surface area contributed by atoms with E-state index in [4.69, 9.17) is 4.74 Å². The number of carbonyl (C=O) groups is 1. The van der Waals surface area contributed by atoms with Crippen LogP contribution in [0.4, 0.5) is 4.39 Å². The van der Waals surface area contributed by atoms with Crippen LogP contribution in [0.3, 0.4) is 0 Å². The van der Waals surface area contributed by atoms with E-state index in [9.17, 15) is 9.18 Å². The van der Waals surface area contributed by atoms with Gasteiger partial charge in [-0.05, 0) is 38.1 Å². The second-order valence-corrected chi connectivity index (χ2v) is 4.46. The van der Waals surface area contributed by atoms with Crippen LogP contribution in [0.15, 0.2) is 18.2 Å². The zero-order chi connectivity index (χ0) is 14.3. The highest BCUT2D eigenvalue weighted by atomic mass is 19.1. The van der Waals surface area contributed by atoms with Crippen LogP contribution in [0.2, 0.25) is 0 Å². The van der Waals surface area contributed by atoms with Gasteiger partial charge in [0.15, 0.2) is 11.6 Å². The summed E-state index contributed by atoms with van der Waals surface area (Å²) in [5.41, 5.74) is 0.787. The van der Waals surface area contributed by atoms with Gasteiger partial charge in [0, 0.05) is 19.0 Å². The molecule has 106 valence electrons. The number of aryl methyl sites for hydroxylation is 1. The number of ether oxygens (including phenoxy) is 1. The standard InChI is InChI=1S/C14H21FN2O2/c1-10(16-2)9-17-14(18)7-5-11-4-6-13(19-3)12(15)8-11/h4,6,8,10,16H,5,7,9H2,1-3H3,(H,17,18). The van der Waals surface area contributed by atoms with Crippen molar-refractivity contribution in [3.63, 3.8) is 0 Å². The first-order valence-electron chi connectivity index (χ1n) is 6.33. The van der Waals surface area contributed by atoms with Gasteiger partial charge >= 0.3 is 0 Å². The molecule has 19 heavy (non-hydrogen) atoms. The predicted octanol–water partition coefficient (Wildman–Crippen LogP) is 1.49. The van der Waals surface area contributed by atoms with Gasteiger partial charge in [-0.3, -0.25) is 4.79 Å². The number of hydrogen-bond acceptors (Lipinski definition) is 3. The average Bonchev–Trinajstić information content (AvgIpc) is 2.42. The van der Waals surface area contributed by atoms with E-state index in [1.54, 1.807) is 12.1 Å². The van der Waals surface area contributed by atoms with Crippen LogP contribution >= 0.6 is 0 Å². The van der Waals surface area contributed by atoms with E-state index in [1.165, 1.54) is 13.2 Å². The van der Waals surface area contributed by atoms with E-state index in [0.29, 0.717) is 19.4 Å². The largest absolute Gasteiger partial charge is 0.494 e. The van der Waals surface area contributed by atoms with Gasteiger partial charge in [-0.1, -0.05) is 6.07 Å². The molecule has 0 aromatic heterocycles. The molecule has 0 aliphatic rings. The summed E-state index contributed by atoms with van der Waals surface area (Å²) in [7, 11) is 3.27. The third-order valence-electron chi connectivity index (χ3n) is 2.96. The Hall–Kier alpha value is -1.62. The van der Waals surface area contributed by atoms with Crippen molar-refractivity contribution >= 4 is 5.91 Å². The van der Waals surface area contributed by atoms with Gasteiger partial charge in [-0.15, -0.1) is 0 Å². The lowest BCUT2D eigenvalue weighted by Gasteiger charge is -2.11. The first-order valence-corrected chi connectivity index (χ1v) is 6.33. The molecule has 0 aliphatic heterocycles. The van der Waals surface area contributed by atoms with E-state index in [0.717, 1.165) is 5.56 Å². The monoisotopic (exact) mass is 268 g/mol. The topological polar surface area (TPSA) is 50.4 Å². The van der Waals surface area contributed by atoms with E-state index >= 15 is 0 Å². The molecule has 1 aromatic rings. The van der Waals surface area contributed by atoms with E-state index in [2.05, 4.69) is 10.6 Å². The maximum Gasteiger partial charge on any atom is 0.220 e. The van der Waals surface area contributed by atoms with Crippen LogP contribution in [0.5, 0.6) is 5.75 Å². The van der Waals surface area contributed by atoms with Gasteiger partial charge in [-0.2, -0.15) is 0 Å². The predicted molar refractivity (Wildman–Crippen MR) is 72.8 cm³/mol. The zero-order valence-electron chi connectivity index (χ0n) is 11.6. The molecule has 1 atom stereocenters. The Morgan fingerprint density at radius 2 is 2.21 bits per heavy atom. The molecule has 0 aliphatic carbocycles. The third-order valence-corrected chi connectivity index (χ3v) is 2.96. The first-order chi connectivity index (χ1) is 9.06. The molecular formula is C14H21FN2O2. The van der Waals surface area contributed by atoms with Gasteiger partial charge in [0.2, 0.25) is 5.91 Å². The Kier molecular flexibility index (Phi) is 6.29. The van der Waals surface area contributed by atoms with Crippen molar-refractivity contribution in [1.82, 2.24) is 10.6 Å². The van der Waals surface area contributed by atoms with Crippen LogP contribution in [0.25, 0.3) is 0 Å². The Morgan fingerprint density at radius 3 is 2.79 bits per heavy atom. The molecule has 1 unspecified atom stereocenters. The van der Waals surface area contributed by atoms with Crippen LogP contribution in [0.1, 0.15) is 18.9 Å². The van der Waals surface area contributed by atoms with Crippen molar-refractivity contribution in [3.8, 4) is 5.75 Å². The van der Waals surface area contributed by atoms with Crippen molar-refractivity contribution in [1.29, 1.82) is 0 Å². The fraction of sp³-hybridized carbons (Fsp3) is 0.500. The van der Waals surface area contributed by atoms with Gasteiger partial charge < -0.3 is 15.4 Å². The molecule has 2 N–H and O–H groups in total. The molecule has 5 heteroatoms. The lowest BCUT2D eigenvalue weighted by Crippen LogP contribution is -2.37. The Labute approximate surface area is 113 Å². The molecule has 1 rings (SSSR count). The molecule has 0 saturated carbocycles. The molecule has 1 amide bonds. The summed E-state index contributed by atoms with van der Waals surface area (Å²) in [6.45, 7) is 2.57. The molecule has 0 fully saturated rings. The fourth-order valence-corrected chi connectivity index (χ4v) is 1.58. The van der Waals surface area contributed by atoms with Crippen molar-refractivity contribution in [3.05, 3.63) is 29.6 Å². The summed E-state index contributed by atoms with van der Waals surface area (Å²) in [6.07, 6.45) is 0.864. The Morgan fingerprint density at radius 1 is 1.47 bits per heavy atom. The molecule has 0 spiro atoms. The maximum atomic E-state index is 13.4. The van der Waals surface area contributed by atoms with Gasteiger partial charge in [-0.25, -0.2) is 4.39 Å². The zero-order valence-corrected chi connectivity index (χ0v) is 11.6. The summed E-state index contributed by atoms with van der Waals surface area (Å²) >= 11 is 0. The second kappa shape index (κ2) is 7.74. The van der Waals surface area contributed by atoms with Crippen molar-refractivity contribution in [2.24, 2.45) is 0 Å². The van der Waals surface area contributed by atoms with Crippen LogP contribution in [-0.2, 0) is 11.2 Å². The highest BCUT2D eigenvalue weighted by Gasteiger charge is 2.07. The summed E-state index contributed by atoms with van der Waals surface area (Å²) in [5.74, 6) is -0.210. The van der Waals surface area contributed by atoms with Gasteiger partial charge in [0.25, 0.3) is 0 Å². The van der Waals surface area contributed by atoms with Crippen LogP contribution in [-0.4, -0.2) is 32.7 Å². The van der Waals surface area contributed by atoms with E-state index in [-0.39, 0.29) is 17.7 Å². The molecule has 0 bridgehead atoms. The van der Waals surface area contributed by atoms with Crippen molar-refractivity contribution in [2.75, 3.05) is 20.7 Å². The first kappa shape index (κ1) is 15.4. The minimum atomic E-state index is -0.399. The number of carbonyl (C=O) groups excluding carboxylic acids is 1. The highest BCUT2D eigenvalue weighted by Crippen LogP contribution is 2.18. The fourth-order valence-electron chi connectivity index (χ4n) is 1.58. The third kappa shape index (κ3) is 5.26. The summed E-state index contributed by atoms with van der Waals surface area (Å²) in [6, 6.07) is 4.99. The minimum absolute atomic E-state index is 0.0293. The molecule has 0 heterocycles. The lowest BCUT2D eigenvalue weighted by atomic mass is 10.1. The average molecular weight is 268 g/mol. The molecule has 0 radical (unpaired) electrons. The van der Waals surface area contributed by atoms with Crippen molar-refractivity contribution < 1.29 is 13.9 Å². The molecular weight excluding hydrogens is 247 g/mol. The normalized spacial score (nSPS) is 12.0. The number of halogens is 1. The SMILES string of the molecule is CNC(C)CNC(=O)CCc1ccc(OC)c(F)c1. The van der Waals surface area contributed by atoms with Gasteiger partial charge in [0.1, 0.15) is 0 Å². The lowest BCUT2D eigenvalue weighted by molar-refractivity contribution is -0.121. The van der Waals surface area contributed by atoms with Crippen LogP contribution < -0.4 is 15.4 Å². The highest BCUT2D eigenvalue weighted by molar-refractivity contribution is 5.76. The Bertz CT molecular complexity index is 424. The number of benzene rings is 1. The molecule has 1 aromatic carbocycles. The summed E-state index contributed by atoms with van der Waals surface area (Å²) < 4.78 is 18.3. The minimum Gasteiger partial charge on any atom is -0.494 e. The number of methoxy groups -OCH3 is 1. The smallest absolute Gasteiger partial charge is 0.220 e. The second-order valence-electron chi connectivity index (χ2n) is 4.46. The molecule has 0 saturated heterocycles. The number of nitrogens with one attached hydrogen (secondary N) is 2. The summed E-state index contributed by atoms with van der Waals surface area (Å²) in [4.78, 5) is 11.6. The number of amides is 1. The van der Waals surface area contributed by atoms with E-state index < -0.39 is 5.82 Å². The van der Waals surface area contributed by atoms with Crippen molar-refractivity contribution in [2.45, 2.75) is 25.8 Å². The Balaban J connectivity index is 2.40. The number of rotatable bonds is 7. The number of likely N-dealkylation sites (N-methyl/N-ethyl adjacent to an activating group) is 1. The van der Waals surface area contributed by atoms with Gasteiger partial charge in [0.05, 0.1) is 7.11 Å².